The first-order valence-electron chi connectivity index (χ1n) is 7.86. The van der Waals surface area contributed by atoms with Crippen LogP contribution in [0.3, 0.4) is 0 Å². The zero-order chi connectivity index (χ0) is 14.7. The lowest BCUT2D eigenvalue weighted by Gasteiger charge is -2.19. The van der Waals surface area contributed by atoms with Gasteiger partial charge in [0.1, 0.15) is 11.3 Å². The third-order valence-electron chi connectivity index (χ3n) is 4.05. The van der Waals surface area contributed by atoms with E-state index in [2.05, 4.69) is 26.7 Å². The molecule has 5 heteroatoms. The van der Waals surface area contributed by atoms with Crippen LogP contribution in [0.1, 0.15) is 25.6 Å². The summed E-state index contributed by atoms with van der Waals surface area (Å²) in [5.74, 6) is 0.764. The number of hydrogen-bond acceptors (Lipinski definition) is 3. The number of rotatable bonds is 4. The second-order valence-corrected chi connectivity index (χ2v) is 5.67. The van der Waals surface area contributed by atoms with E-state index >= 15 is 0 Å². The molecule has 1 aliphatic rings. The van der Waals surface area contributed by atoms with Gasteiger partial charge in [-0.1, -0.05) is 13.0 Å². The summed E-state index contributed by atoms with van der Waals surface area (Å²) in [7, 11) is 0. The summed E-state index contributed by atoms with van der Waals surface area (Å²) in [6, 6.07) is 5.23. The normalized spacial score (nSPS) is 17.2. The Kier molecular flexibility index (Phi) is 4.51. The van der Waals surface area contributed by atoms with Gasteiger partial charge >= 0.3 is 0 Å². The third kappa shape index (κ3) is 3.09. The quantitative estimate of drug-likeness (QED) is 0.938. The van der Waals surface area contributed by atoms with Crippen molar-refractivity contribution in [3.63, 3.8) is 0 Å². The molecule has 4 nitrogen and oxygen atoms in total. The molecule has 2 aromatic rings. The minimum atomic E-state index is -0.221. The van der Waals surface area contributed by atoms with Crippen LogP contribution in [-0.2, 0) is 13.1 Å². The van der Waals surface area contributed by atoms with Gasteiger partial charge in [0, 0.05) is 19.6 Å². The predicted molar refractivity (Wildman–Crippen MR) is 82.7 cm³/mol. The zero-order valence-corrected chi connectivity index (χ0v) is 12.6. The number of halogens is 1. The standard InChI is InChI=1S/C16H23FN4/c1-2-9-21-14-6-3-5-13(17)16(14)19-15(21)12-20-10-4-7-18-8-11-20/h3,5-6,18H,2,4,7-12H2,1H3. The van der Waals surface area contributed by atoms with E-state index in [1.807, 2.05) is 6.07 Å². The minimum Gasteiger partial charge on any atom is -0.327 e. The second-order valence-electron chi connectivity index (χ2n) is 5.67. The number of para-hydroxylation sites is 1. The maximum absolute atomic E-state index is 14.0. The number of nitrogens with one attached hydrogen (secondary N) is 1. The number of hydrogen-bond donors (Lipinski definition) is 1. The van der Waals surface area contributed by atoms with Gasteiger partial charge in [-0.2, -0.15) is 0 Å². The SMILES string of the molecule is CCCn1c(CN2CCCNCC2)nc2c(F)cccc21. The predicted octanol–water partition coefficient (Wildman–Crippen LogP) is 2.38. The number of benzene rings is 1. The molecule has 0 aliphatic carbocycles. The molecule has 114 valence electrons. The van der Waals surface area contributed by atoms with Crippen molar-refractivity contribution in [3.8, 4) is 0 Å². The van der Waals surface area contributed by atoms with Crippen LogP contribution in [0.15, 0.2) is 18.2 Å². The Balaban J connectivity index is 1.92. The molecule has 0 saturated carbocycles. The molecule has 0 radical (unpaired) electrons. The van der Waals surface area contributed by atoms with E-state index in [-0.39, 0.29) is 5.82 Å². The van der Waals surface area contributed by atoms with E-state index in [1.165, 1.54) is 6.07 Å². The molecule has 1 saturated heterocycles. The molecule has 0 amide bonds. The highest BCUT2D eigenvalue weighted by Gasteiger charge is 2.16. The molecule has 2 heterocycles. The number of nitrogens with zero attached hydrogens (tertiary/aromatic N) is 3. The third-order valence-corrected chi connectivity index (χ3v) is 4.05. The Labute approximate surface area is 125 Å². The first-order valence-corrected chi connectivity index (χ1v) is 7.86. The Morgan fingerprint density at radius 2 is 2.19 bits per heavy atom. The largest absolute Gasteiger partial charge is 0.327 e. The molecule has 0 spiro atoms. The molecule has 0 bridgehead atoms. The zero-order valence-electron chi connectivity index (χ0n) is 12.6. The number of imidazole rings is 1. The topological polar surface area (TPSA) is 33.1 Å². The van der Waals surface area contributed by atoms with Gasteiger partial charge in [0.05, 0.1) is 12.1 Å². The molecule has 1 aromatic heterocycles. The van der Waals surface area contributed by atoms with E-state index in [4.69, 9.17) is 0 Å². The van der Waals surface area contributed by atoms with Crippen molar-refractivity contribution in [2.75, 3.05) is 26.2 Å². The van der Waals surface area contributed by atoms with Crippen LogP contribution in [0.25, 0.3) is 11.0 Å². The number of fused-ring (bicyclic) bond motifs is 1. The van der Waals surface area contributed by atoms with Gasteiger partial charge < -0.3 is 9.88 Å². The van der Waals surface area contributed by atoms with Crippen molar-refractivity contribution in [2.45, 2.75) is 32.9 Å². The van der Waals surface area contributed by atoms with Crippen LogP contribution >= 0.6 is 0 Å². The summed E-state index contributed by atoms with van der Waals surface area (Å²) in [5, 5.41) is 3.41. The van der Waals surface area contributed by atoms with Crippen molar-refractivity contribution in [2.24, 2.45) is 0 Å². The van der Waals surface area contributed by atoms with Crippen LogP contribution in [0.4, 0.5) is 4.39 Å². The minimum absolute atomic E-state index is 0.221. The summed E-state index contributed by atoms with van der Waals surface area (Å²) < 4.78 is 16.1. The van der Waals surface area contributed by atoms with Gasteiger partial charge in [-0.25, -0.2) is 9.37 Å². The van der Waals surface area contributed by atoms with Gasteiger partial charge in [0.2, 0.25) is 0 Å². The molecule has 21 heavy (non-hydrogen) atoms. The molecular weight excluding hydrogens is 267 g/mol. The Bertz CT molecular complexity index is 600. The summed E-state index contributed by atoms with van der Waals surface area (Å²) in [5.41, 5.74) is 1.42. The monoisotopic (exact) mass is 290 g/mol. The molecule has 1 fully saturated rings. The van der Waals surface area contributed by atoms with E-state index in [0.717, 1.165) is 63.5 Å². The summed E-state index contributed by atoms with van der Waals surface area (Å²) in [6.07, 6.45) is 2.18. The summed E-state index contributed by atoms with van der Waals surface area (Å²) in [6.45, 7) is 8.03. The van der Waals surface area contributed by atoms with Gasteiger partial charge in [0.15, 0.2) is 5.82 Å². The summed E-state index contributed by atoms with van der Waals surface area (Å²) in [4.78, 5) is 6.99. The molecule has 1 aromatic carbocycles. The fourth-order valence-electron chi connectivity index (χ4n) is 3.01. The average molecular weight is 290 g/mol. The van der Waals surface area contributed by atoms with E-state index in [9.17, 15) is 4.39 Å². The molecule has 3 rings (SSSR count). The lowest BCUT2D eigenvalue weighted by molar-refractivity contribution is 0.273. The lowest BCUT2D eigenvalue weighted by Crippen LogP contribution is -2.29. The fraction of sp³-hybridized carbons (Fsp3) is 0.562. The van der Waals surface area contributed by atoms with Gasteiger partial charge in [-0.3, -0.25) is 4.90 Å². The number of aromatic nitrogens is 2. The fourth-order valence-corrected chi connectivity index (χ4v) is 3.01. The van der Waals surface area contributed by atoms with Crippen molar-refractivity contribution >= 4 is 11.0 Å². The van der Waals surface area contributed by atoms with E-state index in [0.29, 0.717) is 5.52 Å². The summed E-state index contributed by atoms with van der Waals surface area (Å²) >= 11 is 0. The van der Waals surface area contributed by atoms with E-state index < -0.39 is 0 Å². The van der Waals surface area contributed by atoms with Crippen LogP contribution in [-0.4, -0.2) is 40.6 Å². The lowest BCUT2D eigenvalue weighted by atomic mass is 10.3. The molecule has 0 unspecified atom stereocenters. The smallest absolute Gasteiger partial charge is 0.151 e. The Morgan fingerprint density at radius 3 is 3.05 bits per heavy atom. The average Bonchev–Trinajstić information content (AvgIpc) is 2.66. The molecule has 1 aliphatic heterocycles. The van der Waals surface area contributed by atoms with E-state index in [1.54, 1.807) is 6.07 Å². The van der Waals surface area contributed by atoms with Crippen LogP contribution in [0, 0.1) is 5.82 Å². The maximum Gasteiger partial charge on any atom is 0.151 e. The first-order chi connectivity index (χ1) is 10.3. The van der Waals surface area contributed by atoms with Crippen LogP contribution in [0.2, 0.25) is 0 Å². The van der Waals surface area contributed by atoms with Crippen molar-refractivity contribution < 1.29 is 4.39 Å². The molecular formula is C16H23FN4. The van der Waals surface area contributed by atoms with Gasteiger partial charge in [0.25, 0.3) is 0 Å². The van der Waals surface area contributed by atoms with Crippen molar-refractivity contribution in [3.05, 3.63) is 29.8 Å². The van der Waals surface area contributed by atoms with Crippen molar-refractivity contribution in [1.82, 2.24) is 19.8 Å². The molecule has 0 atom stereocenters. The second kappa shape index (κ2) is 6.54. The maximum atomic E-state index is 14.0. The molecule has 1 N–H and O–H groups in total. The highest BCUT2D eigenvalue weighted by molar-refractivity contribution is 5.76. The van der Waals surface area contributed by atoms with Gasteiger partial charge in [-0.05, 0) is 38.1 Å². The highest BCUT2D eigenvalue weighted by atomic mass is 19.1. The Morgan fingerprint density at radius 1 is 1.29 bits per heavy atom. The first kappa shape index (κ1) is 14.5. The highest BCUT2D eigenvalue weighted by Crippen LogP contribution is 2.21. The van der Waals surface area contributed by atoms with Gasteiger partial charge in [-0.15, -0.1) is 0 Å². The van der Waals surface area contributed by atoms with Crippen molar-refractivity contribution in [1.29, 1.82) is 0 Å². The van der Waals surface area contributed by atoms with Crippen LogP contribution < -0.4 is 5.32 Å². The van der Waals surface area contributed by atoms with Crippen LogP contribution in [0.5, 0.6) is 0 Å². The number of aryl methyl sites for hydroxylation is 1. The Hall–Kier alpha value is -1.46.